The second-order valence-corrected chi connectivity index (χ2v) is 7.29. The maximum atomic E-state index is 11.3. The molecule has 166 valence electrons. The number of carbonyl (C=O) groups excluding carboxylic acids is 1. The molecular formula is C22H29N5O4. The second-order valence-electron chi connectivity index (χ2n) is 7.29. The molecule has 2 N–H and O–H groups in total. The molecule has 1 atom stereocenters. The number of hydrogen-bond donors (Lipinski definition) is 2. The van der Waals surface area contributed by atoms with Gasteiger partial charge in [0.05, 0.1) is 32.1 Å². The number of rotatable bonds is 9. The zero-order chi connectivity index (χ0) is 22.2. The summed E-state index contributed by atoms with van der Waals surface area (Å²) < 4.78 is 5.32. The highest BCUT2D eigenvalue weighted by Gasteiger charge is 2.26. The number of aldehydes is 1. The van der Waals surface area contributed by atoms with E-state index in [1.54, 1.807) is 14.2 Å². The van der Waals surface area contributed by atoms with Gasteiger partial charge < -0.3 is 24.9 Å². The number of nitrogens with zero attached hydrogens (tertiary/aromatic N) is 4. The van der Waals surface area contributed by atoms with Crippen LogP contribution in [-0.2, 0) is 4.79 Å². The van der Waals surface area contributed by atoms with E-state index in [-0.39, 0.29) is 19.3 Å². The standard InChI is InChI=1S/C22H29N5O4/c1-23-21(16-27(13-14-28)22(29)30)26-11-9-25(10-12-26)20-8-4-7-19(24-20)17-5-3-6-18(15-17)31-2/h3-8,14-15,21,23H,9-13,16H2,1-2H3,(H,29,30). The van der Waals surface area contributed by atoms with Gasteiger partial charge in [0, 0.05) is 31.7 Å². The number of anilines is 1. The first-order valence-electron chi connectivity index (χ1n) is 10.2. The van der Waals surface area contributed by atoms with Gasteiger partial charge in [0.2, 0.25) is 0 Å². The Labute approximate surface area is 182 Å². The summed E-state index contributed by atoms with van der Waals surface area (Å²) in [6.45, 7) is 3.15. The molecule has 3 rings (SSSR count). The molecule has 2 aromatic rings. The van der Waals surface area contributed by atoms with E-state index < -0.39 is 6.09 Å². The van der Waals surface area contributed by atoms with Crippen molar-refractivity contribution in [2.24, 2.45) is 0 Å². The van der Waals surface area contributed by atoms with Crippen LogP contribution in [0.1, 0.15) is 0 Å². The van der Waals surface area contributed by atoms with Crippen LogP contribution in [0.5, 0.6) is 5.75 Å². The van der Waals surface area contributed by atoms with Gasteiger partial charge in [-0.1, -0.05) is 18.2 Å². The third-order valence-electron chi connectivity index (χ3n) is 5.47. The van der Waals surface area contributed by atoms with Crippen LogP contribution in [0.2, 0.25) is 0 Å². The number of piperazine rings is 1. The minimum atomic E-state index is -1.09. The molecule has 1 saturated heterocycles. The molecule has 0 saturated carbocycles. The lowest BCUT2D eigenvalue weighted by Gasteiger charge is -2.40. The summed E-state index contributed by atoms with van der Waals surface area (Å²) >= 11 is 0. The van der Waals surface area contributed by atoms with Crippen molar-refractivity contribution in [3.8, 4) is 17.0 Å². The number of ether oxygens (including phenoxy) is 1. The van der Waals surface area contributed by atoms with E-state index in [0.29, 0.717) is 6.29 Å². The number of aromatic nitrogens is 1. The lowest BCUT2D eigenvalue weighted by molar-refractivity contribution is -0.108. The van der Waals surface area contributed by atoms with Gasteiger partial charge >= 0.3 is 6.09 Å². The third-order valence-corrected chi connectivity index (χ3v) is 5.47. The summed E-state index contributed by atoms with van der Waals surface area (Å²) in [5, 5.41) is 12.5. The quantitative estimate of drug-likeness (QED) is 0.583. The molecule has 1 unspecified atom stereocenters. The first-order chi connectivity index (χ1) is 15.0. The molecule has 0 aliphatic carbocycles. The molecule has 1 aliphatic heterocycles. The van der Waals surface area contributed by atoms with E-state index >= 15 is 0 Å². The van der Waals surface area contributed by atoms with Gasteiger partial charge in [0.25, 0.3) is 0 Å². The van der Waals surface area contributed by atoms with Gasteiger partial charge in [-0.2, -0.15) is 0 Å². The fourth-order valence-electron chi connectivity index (χ4n) is 3.72. The van der Waals surface area contributed by atoms with Crippen LogP contribution in [0.25, 0.3) is 11.3 Å². The van der Waals surface area contributed by atoms with Crippen molar-refractivity contribution in [1.82, 2.24) is 20.1 Å². The molecule has 1 fully saturated rings. The van der Waals surface area contributed by atoms with E-state index in [4.69, 9.17) is 9.72 Å². The van der Waals surface area contributed by atoms with Crippen molar-refractivity contribution in [3.05, 3.63) is 42.5 Å². The van der Waals surface area contributed by atoms with Gasteiger partial charge in [0.15, 0.2) is 0 Å². The average Bonchev–Trinajstić information content (AvgIpc) is 2.82. The number of carboxylic acid groups (broad SMARTS) is 1. The van der Waals surface area contributed by atoms with Gasteiger partial charge in [-0.15, -0.1) is 0 Å². The highest BCUT2D eigenvalue weighted by Crippen LogP contribution is 2.25. The van der Waals surface area contributed by atoms with Crippen molar-refractivity contribution in [2.45, 2.75) is 6.17 Å². The Bertz CT molecular complexity index is 886. The molecule has 9 heteroatoms. The van der Waals surface area contributed by atoms with E-state index in [1.807, 2.05) is 42.5 Å². The number of pyridine rings is 1. The van der Waals surface area contributed by atoms with Crippen LogP contribution in [-0.4, -0.2) is 91.9 Å². The molecule has 1 aromatic carbocycles. The molecule has 2 heterocycles. The van der Waals surface area contributed by atoms with Gasteiger partial charge in [-0.3, -0.25) is 9.80 Å². The van der Waals surface area contributed by atoms with Crippen molar-refractivity contribution in [2.75, 3.05) is 58.3 Å². The first kappa shape index (κ1) is 22.5. The Morgan fingerprint density at radius 3 is 2.65 bits per heavy atom. The second kappa shape index (κ2) is 10.7. The zero-order valence-corrected chi connectivity index (χ0v) is 17.9. The molecule has 1 amide bonds. The van der Waals surface area contributed by atoms with Crippen LogP contribution < -0.4 is 15.0 Å². The van der Waals surface area contributed by atoms with Gasteiger partial charge in [-0.25, -0.2) is 9.78 Å². The van der Waals surface area contributed by atoms with Crippen LogP contribution in [0.4, 0.5) is 10.6 Å². The van der Waals surface area contributed by atoms with E-state index in [9.17, 15) is 14.7 Å². The van der Waals surface area contributed by atoms with E-state index in [0.717, 1.165) is 53.9 Å². The van der Waals surface area contributed by atoms with Crippen molar-refractivity contribution >= 4 is 18.2 Å². The fraction of sp³-hybridized carbons (Fsp3) is 0.409. The summed E-state index contributed by atoms with van der Waals surface area (Å²) in [6.07, 6.45) is -0.640. The van der Waals surface area contributed by atoms with Crippen molar-refractivity contribution in [1.29, 1.82) is 0 Å². The van der Waals surface area contributed by atoms with Crippen LogP contribution >= 0.6 is 0 Å². The molecule has 0 bridgehead atoms. The largest absolute Gasteiger partial charge is 0.497 e. The topological polar surface area (TPSA) is 98.2 Å². The summed E-state index contributed by atoms with van der Waals surface area (Å²) in [7, 11) is 3.45. The number of methoxy groups -OCH3 is 1. The summed E-state index contributed by atoms with van der Waals surface area (Å²) in [5.41, 5.74) is 1.89. The first-order valence-corrected chi connectivity index (χ1v) is 10.2. The number of likely N-dealkylation sites (N-methyl/N-ethyl adjacent to an activating group) is 1. The number of carbonyl (C=O) groups is 2. The molecule has 1 aromatic heterocycles. The predicted molar refractivity (Wildman–Crippen MR) is 119 cm³/mol. The molecule has 31 heavy (non-hydrogen) atoms. The van der Waals surface area contributed by atoms with Crippen molar-refractivity contribution < 1.29 is 19.4 Å². The summed E-state index contributed by atoms with van der Waals surface area (Å²) in [5.74, 6) is 1.70. The lowest BCUT2D eigenvalue weighted by atomic mass is 10.1. The van der Waals surface area contributed by atoms with Crippen LogP contribution in [0.3, 0.4) is 0 Å². The lowest BCUT2D eigenvalue weighted by Crippen LogP contribution is -2.58. The van der Waals surface area contributed by atoms with E-state index in [1.165, 1.54) is 0 Å². The maximum absolute atomic E-state index is 11.3. The molecular weight excluding hydrogens is 398 g/mol. The van der Waals surface area contributed by atoms with Crippen LogP contribution in [0, 0.1) is 0 Å². The Hall–Kier alpha value is -3.17. The van der Waals surface area contributed by atoms with Gasteiger partial charge in [-0.05, 0) is 31.3 Å². The minimum absolute atomic E-state index is 0.130. The summed E-state index contributed by atoms with van der Waals surface area (Å²) in [4.78, 5) is 32.5. The zero-order valence-electron chi connectivity index (χ0n) is 17.9. The smallest absolute Gasteiger partial charge is 0.407 e. The monoisotopic (exact) mass is 427 g/mol. The number of hydrogen-bond acceptors (Lipinski definition) is 7. The van der Waals surface area contributed by atoms with Crippen molar-refractivity contribution in [3.63, 3.8) is 0 Å². The van der Waals surface area contributed by atoms with E-state index in [2.05, 4.69) is 15.1 Å². The number of amides is 1. The normalized spacial score (nSPS) is 15.4. The molecule has 0 spiro atoms. The minimum Gasteiger partial charge on any atom is -0.497 e. The Morgan fingerprint density at radius 2 is 2.00 bits per heavy atom. The highest BCUT2D eigenvalue weighted by atomic mass is 16.5. The Balaban J connectivity index is 1.65. The maximum Gasteiger partial charge on any atom is 0.407 e. The number of nitrogens with one attached hydrogen (secondary N) is 1. The number of benzene rings is 1. The highest BCUT2D eigenvalue weighted by molar-refractivity contribution is 5.69. The molecule has 0 radical (unpaired) electrons. The fourth-order valence-corrected chi connectivity index (χ4v) is 3.72. The Kier molecular flexibility index (Phi) is 7.80. The summed E-state index contributed by atoms with van der Waals surface area (Å²) in [6, 6.07) is 13.8. The SMILES string of the molecule is CNC(CN(CC=O)C(=O)O)N1CCN(c2cccc(-c3cccc(OC)c3)n2)CC1. The Morgan fingerprint density at radius 1 is 1.26 bits per heavy atom. The molecule has 1 aliphatic rings. The van der Waals surface area contributed by atoms with Crippen LogP contribution in [0.15, 0.2) is 42.5 Å². The molecule has 9 nitrogen and oxygen atoms in total. The predicted octanol–water partition coefficient (Wildman–Crippen LogP) is 1.60. The third kappa shape index (κ3) is 5.71. The average molecular weight is 428 g/mol. The van der Waals surface area contributed by atoms with Gasteiger partial charge in [0.1, 0.15) is 17.9 Å².